The molecule has 2 aromatic heterocycles. The van der Waals surface area contributed by atoms with Crippen molar-refractivity contribution in [3.63, 3.8) is 0 Å². The number of carbonyl (C=O) groups is 1. The Labute approximate surface area is 114 Å². The minimum Gasteiger partial charge on any atom is -0.310 e. The van der Waals surface area contributed by atoms with Crippen molar-refractivity contribution < 1.29 is 4.79 Å². The van der Waals surface area contributed by atoms with Crippen molar-refractivity contribution in [3.05, 3.63) is 45.6 Å². The maximum Gasteiger partial charge on any atom is 0.253 e. The zero-order valence-electron chi connectivity index (χ0n) is 9.85. The van der Waals surface area contributed by atoms with Crippen LogP contribution in [-0.2, 0) is 18.3 Å². The molecule has 2 aromatic rings. The second kappa shape index (κ2) is 5.50. The molecule has 0 atom stereocenters. The van der Waals surface area contributed by atoms with Crippen molar-refractivity contribution in [1.82, 2.24) is 4.57 Å². The van der Waals surface area contributed by atoms with Crippen molar-refractivity contribution in [3.8, 4) is 10.6 Å². The number of thiophene rings is 1. The molecule has 0 saturated heterocycles. The van der Waals surface area contributed by atoms with Crippen LogP contribution in [0.2, 0.25) is 0 Å². The van der Waals surface area contributed by atoms with Crippen LogP contribution >= 0.6 is 22.9 Å². The fourth-order valence-electron chi connectivity index (χ4n) is 1.78. The van der Waals surface area contributed by atoms with E-state index in [0.717, 1.165) is 10.6 Å². The minimum absolute atomic E-state index is 0.0705. The van der Waals surface area contributed by atoms with Gasteiger partial charge in [-0.1, -0.05) is 12.1 Å². The number of nitrogens with zero attached hydrogens (tertiary/aromatic N) is 1. The lowest BCUT2D eigenvalue weighted by atomic mass is 10.1. The molecule has 0 bridgehead atoms. The van der Waals surface area contributed by atoms with Gasteiger partial charge in [-0.05, 0) is 35.5 Å². The van der Waals surface area contributed by atoms with Gasteiger partial charge in [-0.25, -0.2) is 0 Å². The van der Waals surface area contributed by atoms with Crippen LogP contribution in [0.4, 0.5) is 0 Å². The summed E-state index contributed by atoms with van der Waals surface area (Å²) in [6, 6.07) is 7.60. The molecule has 0 unspecified atom stereocenters. The molecule has 2 rings (SSSR count). The lowest BCUT2D eigenvalue weighted by molar-refractivity contribution is -0.111. The Morgan fingerprint density at radius 1 is 1.39 bits per heavy atom. The summed E-state index contributed by atoms with van der Waals surface area (Å²) >= 11 is 6.87. The van der Waals surface area contributed by atoms with E-state index in [1.165, 1.54) is 0 Å². The van der Waals surface area contributed by atoms with Gasteiger partial charge in [-0.15, -0.1) is 11.3 Å². The number of carbonyl (C=O) groups excluding carboxylic acids is 1. The third kappa shape index (κ3) is 2.71. The third-order valence-electron chi connectivity index (χ3n) is 2.75. The van der Waals surface area contributed by atoms with E-state index in [1.807, 2.05) is 23.6 Å². The molecule has 0 aliphatic heterocycles. The van der Waals surface area contributed by atoms with E-state index >= 15 is 0 Å². The van der Waals surface area contributed by atoms with E-state index in [-0.39, 0.29) is 12.0 Å². The van der Waals surface area contributed by atoms with Crippen LogP contribution in [0.1, 0.15) is 12.0 Å². The Morgan fingerprint density at radius 3 is 2.78 bits per heavy atom. The second-order valence-corrected chi connectivity index (χ2v) is 5.31. The van der Waals surface area contributed by atoms with Crippen molar-refractivity contribution in [1.29, 1.82) is 0 Å². The first kappa shape index (κ1) is 13.1. The van der Waals surface area contributed by atoms with Gasteiger partial charge in [0.25, 0.3) is 5.56 Å². The number of hydrogen-bond donors (Lipinski definition) is 0. The normalized spacial score (nSPS) is 10.6. The van der Waals surface area contributed by atoms with Gasteiger partial charge < -0.3 is 4.57 Å². The first-order chi connectivity index (χ1) is 8.59. The molecule has 2 heterocycles. The first-order valence-corrected chi connectivity index (χ1v) is 6.76. The van der Waals surface area contributed by atoms with Gasteiger partial charge >= 0.3 is 0 Å². The summed E-state index contributed by atoms with van der Waals surface area (Å²) < 4.78 is 1.61. The Morgan fingerprint density at radius 2 is 2.17 bits per heavy atom. The largest absolute Gasteiger partial charge is 0.310 e. The maximum absolute atomic E-state index is 12.1. The highest BCUT2D eigenvalue weighted by molar-refractivity contribution is 7.13. The van der Waals surface area contributed by atoms with E-state index in [0.29, 0.717) is 12.0 Å². The summed E-state index contributed by atoms with van der Waals surface area (Å²) in [5.74, 6) is 0. The number of hydrogen-bond acceptors (Lipinski definition) is 3. The Balaban J connectivity index is 2.36. The summed E-state index contributed by atoms with van der Waals surface area (Å²) in [6.07, 6.45) is 0.578. The molecule has 0 aliphatic rings. The first-order valence-electron chi connectivity index (χ1n) is 5.50. The van der Waals surface area contributed by atoms with Crippen molar-refractivity contribution in [2.45, 2.75) is 12.8 Å². The smallest absolute Gasteiger partial charge is 0.253 e. The highest BCUT2D eigenvalue weighted by atomic mass is 35.5. The summed E-state index contributed by atoms with van der Waals surface area (Å²) in [5.41, 5.74) is 1.43. The Kier molecular flexibility index (Phi) is 3.99. The van der Waals surface area contributed by atoms with Crippen LogP contribution in [0, 0.1) is 0 Å². The van der Waals surface area contributed by atoms with Gasteiger partial charge in [0, 0.05) is 19.0 Å². The van der Waals surface area contributed by atoms with Crippen LogP contribution in [0.5, 0.6) is 0 Å². The maximum atomic E-state index is 12.1. The molecule has 0 radical (unpaired) electrons. The average molecular weight is 282 g/mol. The van der Waals surface area contributed by atoms with Crippen LogP contribution in [0.25, 0.3) is 10.6 Å². The van der Waals surface area contributed by atoms with Gasteiger partial charge in [0.15, 0.2) is 0 Å². The van der Waals surface area contributed by atoms with Crippen LogP contribution in [0.3, 0.4) is 0 Å². The number of pyridine rings is 1. The zero-order valence-corrected chi connectivity index (χ0v) is 11.4. The highest BCUT2D eigenvalue weighted by Crippen LogP contribution is 2.23. The van der Waals surface area contributed by atoms with Crippen molar-refractivity contribution >= 4 is 28.2 Å². The number of aryl methyl sites for hydroxylation is 1. The molecule has 0 aromatic carbocycles. The summed E-state index contributed by atoms with van der Waals surface area (Å²) in [6.45, 7) is 0. The fraction of sp³-hybridized carbons (Fsp3) is 0.231. The highest BCUT2D eigenvalue weighted by Gasteiger charge is 2.09. The SMILES string of the molecule is Cn1c(-c2cccs2)ccc(CCC(=O)Cl)c1=O. The van der Waals surface area contributed by atoms with Crippen LogP contribution < -0.4 is 5.56 Å². The summed E-state index contributed by atoms with van der Waals surface area (Å²) in [7, 11) is 1.74. The predicted molar refractivity (Wildman–Crippen MR) is 74.2 cm³/mol. The molecule has 0 saturated carbocycles. The average Bonchev–Trinajstić information content (AvgIpc) is 2.84. The van der Waals surface area contributed by atoms with Gasteiger partial charge in [0.05, 0.1) is 10.6 Å². The van der Waals surface area contributed by atoms with E-state index in [9.17, 15) is 9.59 Å². The monoisotopic (exact) mass is 281 g/mol. The minimum atomic E-state index is -0.417. The number of rotatable bonds is 4. The van der Waals surface area contributed by atoms with E-state index in [2.05, 4.69) is 0 Å². The van der Waals surface area contributed by atoms with Crippen LogP contribution in [0.15, 0.2) is 34.4 Å². The van der Waals surface area contributed by atoms with Gasteiger partial charge in [-0.3, -0.25) is 9.59 Å². The summed E-state index contributed by atoms with van der Waals surface area (Å²) in [5, 5.41) is 1.55. The van der Waals surface area contributed by atoms with E-state index in [4.69, 9.17) is 11.6 Å². The van der Waals surface area contributed by atoms with E-state index < -0.39 is 5.24 Å². The van der Waals surface area contributed by atoms with Crippen molar-refractivity contribution in [2.24, 2.45) is 7.05 Å². The molecular formula is C13H12ClNO2S. The number of halogens is 1. The number of aromatic nitrogens is 1. The molecule has 18 heavy (non-hydrogen) atoms. The second-order valence-electron chi connectivity index (χ2n) is 3.94. The summed E-state index contributed by atoms with van der Waals surface area (Å²) in [4.78, 5) is 23.9. The molecule has 0 spiro atoms. The molecular weight excluding hydrogens is 270 g/mol. The Hall–Kier alpha value is -1.39. The predicted octanol–water partition coefficient (Wildman–Crippen LogP) is 2.81. The van der Waals surface area contributed by atoms with Gasteiger partial charge in [-0.2, -0.15) is 0 Å². The lowest BCUT2D eigenvalue weighted by Gasteiger charge is -2.08. The molecule has 3 nitrogen and oxygen atoms in total. The molecule has 0 fully saturated rings. The molecule has 0 N–H and O–H groups in total. The molecule has 0 amide bonds. The molecule has 94 valence electrons. The Bertz CT molecular complexity index is 616. The van der Waals surface area contributed by atoms with Gasteiger partial charge in [0.1, 0.15) is 0 Å². The topological polar surface area (TPSA) is 39.1 Å². The standard InChI is InChI=1S/C13H12ClNO2S/c1-15-10(11-3-2-8-18-11)6-4-9(13(15)17)5-7-12(14)16/h2-4,6,8H,5,7H2,1H3. The molecule has 0 aliphatic carbocycles. The molecule has 5 heteroatoms. The third-order valence-corrected chi connectivity index (χ3v) is 3.83. The zero-order chi connectivity index (χ0) is 13.1. The van der Waals surface area contributed by atoms with Crippen molar-refractivity contribution in [2.75, 3.05) is 0 Å². The fourth-order valence-corrected chi connectivity index (χ4v) is 2.66. The quantitative estimate of drug-likeness (QED) is 0.809. The van der Waals surface area contributed by atoms with Gasteiger partial charge in [0.2, 0.25) is 5.24 Å². The van der Waals surface area contributed by atoms with Crippen LogP contribution in [-0.4, -0.2) is 9.81 Å². The van der Waals surface area contributed by atoms with E-state index in [1.54, 1.807) is 29.0 Å². The lowest BCUT2D eigenvalue weighted by Crippen LogP contribution is -2.22.